The molecule has 0 fully saturated rings. The molecule has 300 valence electrons. The first-order valence-electron chi connectivity index (χ1n) is 17.8. The minimum Gasteiger partial charge on any atom is -0.545 e. The van der Waals surface area contributed by atoms with E-state index in [1.165, 1.54) is 0 Å². The molecule has 0 aliphatic carbocycles. The number of nitrogens with zero attached hydrogens (tertiary/aromatic N) is 3. The summed E-state index contributed by atoms with van der Waals surface area (Å²) in [5.41, 5.74) is 9.57. The zero-order valence-corrected chi connectivity index (χ0v) is 38.9. The van der Waals surface area contributed by atoms with Crippen LogP contribution >= 0.6 is 0 Å². The first kappa shape index (κ1) is 57.5. The number of benzene rings is 3. The van der Waals surface area contributed by atoms with Gasteiger partial charge < -0.3 is 14.4 Å². The molecular weight excluding hydrogens is 762 g/mol. The van der Waals surface area contributed by atoms with Crippen molar-refractivity contribution in [1.29, 1.82) is 0 Å². The second-order valence-electron chi connectivity index (χ2n) is 18.9. The number of hydrogen-bond donors (Lipinski definition) is 0. The molecule has 7 heteroatoms. The van der Waals surface area contributed by atoms with E-state index in [9.17, 15) is 0 Å². The van der Waals surface area contributed by atoms with Crippen molar-refractivity contribution in [2.45, 2.75) is 157 Å². The Kier molecular flexibility index (Phi) is 24.8. The molecule has 55 heavy (non-hydrogen) atoms. The van der Waals surface area contributed by atoms with Crippen molar-refractivity contribution in [1.82, 2.24) is 0 Å². The third-order valence-electron chi connectivity index (χ3n) is 8.29. The Labute approximate surface area is 350 Å². The summed E-state index contributed by atoms with van der Waals surface area (Å²) in [7, 11) is 0. The fraction of sp³-hybridized carbons (Fsp3) is 0.500. The molecule has 0 aromatic heterocycles. The predicted octanol–water partition coefficient (Wildman–Crippen LogP) is 13.7. The average molecular weight is 829 g/mol. The molecule has 6 nitrogen and oxygen atoms in total. The molecule has 0 atom stereocenters. The van der Waals surface area contributed by atoms with Crippen molar-refractivity contribution in [2.75, 3.05) is 0 Å². The molecule has 0 unspecified atom stereocenters. The van der Waals surface area contributed by atoms with Crippen LogP contribution in [0.1, 0.15) is 158 Å². The monoisotopic (exact) mass is 830 g/mol. The van der Waals surface area contributed by atoms with Crippen LogP contribution in [-0.4, -0.2) is 20.4 Å². The Hall–Kier alpha value is -4.17. The van der Waals surface area contributed by atoms with Gasteiger partial charge in [-0.3, -0.25) is 20.4 Å². The number of rotatable bonds is 0. The summed E-state index contributed by atoms with van der Waals surface area (Å²) < 4.78 is 0. The molecule has 3 rings (SSSR count). The topological polar surface area (TPSA) is 64.3 Å². The van der Waals surface area contributed by atoms with E-state index in [1.54, 1.807) is 0 Å². The molecule has 0 aliphatic rings. The molecular formula is C48H66MoN3O3-3. The van der Waals surface area contributed by atoms with E-state index in [1.807, 2.05) is 0 Å². The van der Waals surface area contributed by atoms with Gasteiger partial charge in [-0.15, -0.1) is 0 Å². The van der Waals surface area contributed by atoms with Crippen LogP contribution < -0.4 is 0 Å². The van der Waals surface area contributed by atoms with Gasteiger partial charge in [0.1, 0.15) is 0 Å². The van der Waals surface area contributed by atoms with Gasteiger partial charge in [-0.2, -0.15) is 0 Å². The van der Waals surface area contributed by atoms with Gasteiger partial charge in [-0.25, -0.2) is 14.5 Å². The van der Waals surface area contributed by atoms with Gasteiger partial charge in [-0.1, -0.05) is 179 Å². The molecule has 0 aliphatic heterocycles. The van der Waals surface area contributed by atoms with E-state index < -0.39 is 0 Å². The molecule has 3 aromatic carbocycles. The summed E-state index contributed by atoms with van der Waals surface area (Å²) in [6, 6.07) is 18.6. The fourth-order valence-corrected chi connectivity index (χ4v) is 5.62. The predicted molar refractivity (Wildman–Crippen MR) is 231 cm³/mol. The van der Waals surface area contributed by atoms with Gasteiger partial charge in [0.05, 0.1) is 19.7 Å². The van der Waals surface area contributed by atoms with Crippen molar-refractivity contribution in [2.24, 2.45) is 0 Å². The molecule has 0 saturated heterocycles. The average Bonchev–Trinajstić information content (AvgIpc) is 3.08. The van der Waals surface area contributed by atoms with Crippen LogP contribution in [-0.2, 0) is 67.9 Å². The van der Waals surface area contributed by atoms with Crippen LogP contribution in [0.4, 0.5) is 17.1 Å². The Morgan fingerprint density at radius 2 is 0.436 bits per heavy atom. The number of carbonyl (C=O) groups excluding carboxylic acids is 3. The largest absolute Gasteiger partial charge is 0.545 e. The maximum Gasteiger partial charge on any atom is 0.194 e. The Bertz CT molecular complexity index is 1440. The summed E-state index contributed by atoms with van der Waals surface area (Å²) >= 11 is 0. The van der Waals surface area contributed by atoms with Crippen LogP contribution in [0, 0.1) is 19.7 Å². The Morgan fingerprint density at radius 1 is 0.327 bits per heavy atom. The Morgan fingerprint density at radius 3 is 0.509 bits per heavy atom. The summed E-state index contributed by atoms with van der Waals surface area (Å²) in [6.45, 7) is 70.8. The quantitative estimate of drug-likeness (QED) is 0.129. The van der Waals surface area contributed by atoms with Crippen LogP contribution in [0.2, 0.25) is 0 Å². The summed E-state index contributed by atoms with van der Waals surface area (Å²) in [5.74, 6) is 0. The van der Waals surface area contributed by atoms with Crippen molar-refractivity contribution in [3.8, 4) is 0 Å². The second-order valence-corrected chi connectivity index (χ2v) is 18.9. The molecule has 0 radical (unpaired) electrons. The van der Waals surface area contributed by atoms with Crippen molar-refractivity contribution < 1.29 is 35.4 Å². The minimum atomic E-state index is 0. The first-order valence-corrected chi connectivity index (χ1v) is 17.8. The third-order valence-corrected chi connectivity index (χ3v) is 8.29. The molecule has 0 heterocycles. The number of para-hydroxylation sites is 3. The molecule has 0 saturated carbocycles. The summed E-state index contributed by atoms with van der Waals surface area (Å²) in [5, 5.41) is 0. The second kappa shape index (κ2) is 23.7. The third kappa shape index (κ3) is 17.9. The van der Waals surface area contributed by atoms with Crippen LogP contribution in [0.15, 0.2) is 54.6 Å². The summed E-state index contributed by atoms with van der Waals surface area (Å²) in [4.78, 5) is 34.5. The SMILES string of the molecule is [C-]#[N+]c1c(C(C)(C)C)cccc1C(C)(C)C.[C-]#[N+]c1c(C(C)(C)C)cccc1C(C)(C)C.[C-]#[N+]c1c(C(C)(C)C)cccc1C(C)(C)C.[CH-]=O.[CH-]=O.[CH-]=O.[Mo]. The van der Waals surface area contributed by atoms with E-state index in [0.29, 0.717) is 0 Å². The standard InChI is InChI=1S/3C15H21N.3CHO.Mo/c3*1-14(2,3)11-9-8-10-12(13(11)16-7)15(4,5)6;3*1-2;/h3*8-10H,1-6H3;3*1H;/q;;;3*-1;. The molecule has 0 spiro atoms. The zero-order chi connectivity index (χ0) is 43.7. The normalized spacial score (nSPS) is 11.0. The van der Waals surface area contributed by atoms with E-state index in [2.05, 4.69) is 214 Å². The smallest absolute Gasteiger partial charge is 0.194 e. The van der Waals surface area contributed by atoms with Gasteiger partial charge in [0.25, 0.3) is 0 Å². The van der Waals surface area contributed by atoms with Gasteiger partial charge in [0.15, 0.2) is 17.1 Å². The maximum absolute atomic E-state index is 7.75. The first-order chi connectivity index (χ1) is 24.5. The van der Waals surface area contributed by atoms with E-state index in [4.69, 9.17) is 34.1 Å². The van der Waals surface area contributed by atoms with E-state index in [-0.39, 0.29) is 53.6 Å². The van der Waals surface area contributed by atoms with Crippen LogP contribution in [0.25, 0.3) is 14.5 Å². The molecule has 0 amide bonds. The van der Waals surface area contributed by atoms with Crippen molar-refractivity contribution in [3.05, 3.63) is 122 Å². The van der Waals surface area contributed by atoms with Gasteiger partial charge >= 0.3 is 0 Å². The maximum atomic E-state index is 7.75. The molecule has 0 bridgehead atoms. The van der Waals surface area contributed by atoms with Crippen LogP contribution in [0.5, 0.6) is 0 Å². The van der Waals surface area contributed by atoms with Gasteiger partial charge in [0.2, 0.25) is 0 Å². The van der Waals surface area contributed by atoms with Crippen molar-refractivity contribution >= 4 is 37.4 Å². The minimum absolute atomic E-state index is 0. The van der Waals surface area contributed by atoms with E-state index in [0.717, 1.165) is 50.4 Å². The molecule has 0 N–H and O–H groups in total. The van der Waals surface area contributed by atoms with E-state index >= 15 is 0 Å². The Balaban J connectivity index is -0.000000328. The van der Waals surface area contributed by atoms with Gasteiger partial charge in [-0.05, 0) is 65.9 Å². The zero-order valence-electron chi connectivity index (χ0n) is 36.9. The number of hydrogen-bond acceptors (Lipinski definition) is 3. The molecule has 3 aromatic rings. The fourth-order valence-electron chi connectivity index (χ4n) is 5.62. The van der Waals surface area contributed by atoms with Crippen molar-refractivity contribution in [3.63, 3.8) is 0 Å². The summed E-state index contributed by atoms with van der Waals surface area (Å²) in [6.07, 6.45) is 0. The van der Waals surface area contributed by atoms with Gasteiger partial charge in [0, 0.05) is 21.1 Å². The van der Waals surface area contributed by atoms with Crippen LogP contribution in [0.3, 0.4) is 0 Å².